The first-order valence-corrected chi connectivity index (χ1v) is 9.50. The van der Waals surface area contributed by atoms with Crippen molar-refractivity contribution in [3.8, 4) is 5.75 Å². The largest absolute Gasteiger partial charge is 0.494 e. The van der Waals surface area contributed by atoms with Crippen LogP contribution >= 0.6 is 11.6 Å². The third-order valence-corrected chi connectivity index (χ3v) is 4.90. The van der Waals surface area contributed by atoms with Gasteiger partial charge in [-0.05, 0) is 42.3 Å². The highest BCUT2D eigenvalue weighted by atomic mass is 35.5. The summed E-state index contributed by atoms with van der Waals surface area (Å²) in [5.74, 6) is 0.237. The van der Waals surface area contributed by atoms with Gasteiger partial charge in [-0.3, -0.25) is 9.59 Å². The Hall–Kier alpha value is -2.53. The molecule has 0 aliphatic carbocycles. The number of nitrogens with zero attached hydrogens (tertiary/aromatic N) is 1. The lowest BCUT2D eigenvalue weighted by molar-refractivity contribution is -0.126. The van der Waals surface area contributed by atoms with Crippen LogP contribution in [0.2, 0.25) is 5.02 Å². The fraction of sp³-hybridized carbons (Fsp3) is 0.333. The standard InChI is InChI=1S/C21H23ClN2O3/c1-2-11-27-18-9-7-17(8-10-18)24-14-16(12-20(24)25)21(26)23-13-15-5-3-4-6-19(15)22/h3-10,16H,2,11-14H2,1H3,(H,23,26)/t16-/m1/s1. The van der Waals surface area contributed by atoms with Gasteiger partial charge >= 0.3 is 0 Å². The Morgan fingerprint density at radius 3 is 2.67 bits per heavy atom. The molecular formula is C21H23ClN2O3. The zero-order valence-corrected chi connectivity index (χ0v) is 16.0. The predicted octanol–water partition coefficient (Wildman–Crippen LogP) is 3.80. The molecule has 2 amide bonds. The highest BCUT2D eigenvalue weighted by Gasteiger charge is 2.35. The maximum absolute atomic E-state index is 12.5. The predicted molar refractivity (Wildman–Crippen MR) is 106 cm³/mol. The molecule has 1 aliphatic heterocycles. The van der Waals surface area contributed by atoms with Crippen molar-refractivity contribution in [1.29, 1.82) is 0 Å². The number of hydrogen-bond donors (Lipinski definition) is 1. The fourth-order valence-corrected chi connectivity index (χ4v) is 3.25. The third kappa shape index (κ3) is 4.80. The number of carbonyl (C=O) groups is 2. The molecular weight excluding hydrogens is 364 g/mol. The first-order valence-electron chi connectivity index (χ1n) is 9.13. The molecule has 3 rings (SSSR count). The van der Waals surface area contributed by atoms with Crippen LogP contribution in [0.3, 0.4) is 0 Å². The number of amides is 2. The summed E-state index contributed by atoms with van der Waals surface area (Å²) in [6.45, 7) is 3.44. The molecule has 2 aromatic rings. The molecule has 1 atom stereocenters. The van der Waals surface area contributed by atoms with E-state index in [-0.39, 0.29) is 24.2 Å². The number of anilines is 1. The second-order valence-electron chi connectivity index (χ2n) is 6.56. The van der Waals surface area contributed by atoms with Gasteiger partial charge in [0.1, 0.15) is 5.75 Å². The average Bonchev–Trinajstić information content (AvgIpc) is 3.07. The summed E-state index contributed by atoms with van der Waals surface area (Å²) < 4.78 is 5.56. The molecule has 142 valence electrons. The zero-order valence-electron chi connectivity index (χ0n) is 15.3. The Morgan fingerprint density at radius 1 is 1.22 bits per heavy atom. The molecule has 1 aliphatic rings. The van der Waals surface area contributed by atoms with Crippen LogP contribution < -0.4 is 15.0 Å². The van der Waals surface area contributed by atoms with Gasteiger partial charge in [0.2, 0.25) is 11.8 Å². The van der Waals surface area contributed by atoms with Gasteiger partial charge in [-0.2, -0.15) is 0 Å². The minimum Gasteiger partial charge on any atom is -0.494 e. The summed E-state index contributed by atoms with van der Waals surface area (Å²) in [4.78, 5) is 26.5. The monoisotopic (exact) mass is 386 g/mol. The third-order valence-electron chi connectivity index (χ3n) is 4.53. The maximum atomic E-state index is 12.5. The molecule has 0 unspecified atom stereocenters. The Labute approximate surface area is 164 Å². The van der Waals surface area contributed by atoms with Crippen molar-refractivity contribution in [3.63, 3.8) is 0 Å². The van der Waals surface area contributed by atoms with Crippen molar-refractivity contribution in [2.45, 2.75) is 26.3 Å². The van der Waals surface area contributed by atoms with Gasteiger partial charge in [0.25, 0.3) is 0 Å². The quantitative estimate of drug-likeness (QED) is 0.787. The summed E-state index contributed by atoms with van der Waals surface area (Å²) in [6, 6.07) is 14.8. The van der Waals surface area contributed by atoms with Crippen molar-refractivity contribution in [2.24, 2.45) is 5.92 Å². The Balaban J connectivity index is 1.58. The summed E-state index contributed by atoms with van der Waals surface area (Å²) in [6.07, 6.45) is 1.15. The van der Waals surface area contributed by atoms with E-state index < -0.39 is 0 Å². The van der Waals surface area contributed by atoms with E-state index in [0.29, 0.717) is 24.7 Å². The Kier molecular flexibility index (Phi) is 6.35. The van der Waals surface area contributed by atoms with E-state index in [4.69, 9.17) is 16.3 Å². The molecule has 0 radical (unpaired) electrons. The lowest BCUT2D eigenvalue weighted by Gasteiger charge is -2.17. The fourth-order valence-electron chi connectivity index (χ4n) is 3.04. The van der Waals surface area contributed by atoms with E-state index in [1.165, 1.54) is 0 Å². The first-order chi connectivity index (χ1) is 13.1. The van der Waals surface area contributed by atoms with Crippen LogP contribution in [-0.2, 0) is 16.1 Å². The molecule has 1 fully saturated rings. The molecule has 1 N–H and O–H groups in total. The van der Waals surface area contributed by atoms with Gasteiger partial charge in [-0.15, -0.1) is 0 Å². The minimum atomic E-state index is -0.365. The molecule has 0 aromatic heterocycles. The molecule has 1 saturated heterocycles. The van der Waals surface area contributed by atoms with Crippen LogP contribution in [0, 0.1) is 5.92 Å². The normalized spacial score (nSPS) is 16.4. The molecule has 0 bridgehead atoms. The lowest BCUT2D eigenvalue weighted by Crippen LogP contribution is -2.32. The van der Waals surface area contributed by atoms with E-state index in [0.717, 1.165) is 23.4 Å². The maximum Gasteiger partial charge on any atom is 0.227 e. The van der Waals surface area contributed by atoms with Gasteiger partial charge in [-0.1, -0.05) is 36.7 Å². The van der Waals surface area contributed by atoms with Gasteiger partial charge in [0, 0.05) is 30.2 Å². The van der Waals surface area contributed by atoms with Crippen LogP contribution in [0.4, 0.5) is 5.69 Å². The van der Waals surface area contributed by atoms with E-state index in [1.807, 2.05) is 49.4 Å². The highest BCUT2D eigenvalue weighted by Crippen LogP contribution is 2.27. The molecule has 27 heavy (non-hydrogen) atoms. The second kappa shape index (κ2) is 8.91. The van der Waals surface area contributed by atoms with E-state index >= 15 is 0 Å². The van der Waals surface area contributed by atoms with Crippen molar-refractivity contribution in [1.82, 2.24) is 5.32 Å². The van der Waals surface area contributed by atoms with Gasteiger partial charge in [0.05, 0.1) is 12.5 Å². The first kappa shape index (κ1) is 19.2. The number of hydrogen-bond acceptors (Lipinski definition) is 3. The molecule has 0 saturated carbocycles. The smallest absolute Gasteiger partial charge is 0.227 e. The molecule has 6 heteroatoms. The average molecular weight is 387 g/mol. The number of nitrogens with one attached hydrogen (secondary N) is 1. The molecule has 1 heterocycles. The summed E-state index contributed by atoms with van der Waals surface area (Å²) in [5, 5.41) is 3.50. The highest BCUT2D eigenvalue weighted by molar-refractivity contribution is 6.31. The van der Waals surface area contributed by atoms with Crippen LogP contribution in [0.25, 0.3) is 0 Å². The minimum absolute atomic E-state index is 0.0462. The van der Waals surface area contributed by atoms with Crippen molar-refractivity contribution in [2.75, 3.05) is 18.1 Å². The van der Waals surface area contributed by atoms with Crippen molar-refractivity contribution in [3.05, 3.63) is 59.1 Å². The van der Waals surface area contributed by atoms with Crippen molar-refractivity contribution >= 4 is 29.1 Å². The zero-order chi connectivity index (χ0) is 19.2. The number of halogens is 1. The second-order valence-corrected chi connectivity index (χ2v) is 6.96. The van der Waals surface area contributed by atoms with Crippen LogP contribution in [0.5, 0.6) is 5.75 Å². The number of carbonyl (C=O) groups excluding carboxylic acids is 2. The van der Waals surface area contributed by atoms with Gasteiger partial charge < -0.3 is 15.0 Å². The van der Waals surface area contributed by atoms with Crippen molar-refractivity contribution < 1.29 is 14.3 Å². The van der Waals surface area contributed by atoms with E-state index in [9.17, 15) is 9.59 Å². The van der Waals surface area contributed by atoms with Gasteiger partial charge in [-0.25, -0.2) is 0 Å². The molecule has 2 aromatic carbocycles. The number of benzene rings is 2. The summed E-state index contributed by atoms with van der Waals surface area (Å²) >= 11 is 6.11. The van der Waals surface area contributed by atoms with Gasteiger partial charge in [0.15, 0.2) is 0 Å². The SMILES string of the molecule is CCCOc1ccc(N2C[C@H](C(=O)NCc3ccccc3Cl)CC2=O)cc1. The van der Waals surface area contributed by atoms with Crippen LogP contribution in [-0.4, -0.2) is 25.0 Å². The van der Waals surface area contributed by atoms with E-state index in [2.05, 4.69) is 5.32 Å². The lowest BCUT2D eigenvalue weighted by atomic mass is 10.1. The number of ether oxygens (including phenoxy) is 1. The Bertz CT molecular complexity index is 807. The molecule has 5 nitrogen and oxygen atoms in total. The summed E-state index contributed by atoms with van der Waals surface area (Å²) in [7, 11) is 0. The molecule has 0 spiro atoms. The summed E-state index contributed by atoms with van der Waals surface area (Å²) in [5.41, 5.74) is 1.64. The van der Waals surface area contributed by atoms with Crippen LogP contribution in [0.1, 0.15) is 25.3 Å². The topological polar surface area (TPSA) is 58.6 Å². The van der Waals surface area contributed by atoms with Crippen LogP contribution in [0.15, 0.2) is 48.5 Å². The van der Waals surface area contributed by atoms with E-state index in [1.54, 1.807) is 11.0 Å². The number of rotatable bonds is 7. The Morgan fingerprint density at radius 2 is 1.96 bits per heavy atom.